The summed E-state index contributed by atoms with van der Waals surface area (Å²) >= 11 is 1.62. The molecule has 0 fully saturated rings. The van der Waals surface area contributed by atoms with Crippen molar-refractivity contribution in [3.63, 3.8) is 0 Å². The molecule has 0 atom stereocenters. The largest absolute Gasteiger partial charge is 0.332 e. The van der Waals surface area contributed by atoms with Gasteiger partial charge in [-0.2, -0.15) is 0 Å². The summed E-state index contributed by atoms with van der Waals surface area (Å²) in [4.78, 5) is 16.3. The number of imidazole rings is 1. The molecule has 14 heavy (non-hydrogen) atoms. The number of nitrogens with zero attached hydrogens (tertiary/aromatic N) is 2. The first kappa shape index (κ1) is 8.96. The number of carbonyl (C=O) groups is 1. The Kier molecular flexibility index (Phi) is 2.60. The molecule has 0 radical (unpaired) electrons. The van der Waals surface area contributed by atoms with E-state index in [0.717, 1.165) is 4.88 Å². The first-order valence-electron chi connectivity index (χ1n) is 4.15. The van der Waals surface area contributed by atoms with Gasteiger partial charge in [0.2, 0.25) is 0 Å². The van der Waals surface area contributed by atoms with Crippen molar-refractivity contribution < 1.29 is 4.79 Å². The van der Waals surface area contributed by atoms with E-state index in [1.807, 2.05) is 17.5 Å². The maximum absolute atomic E-state index is 11.4. The molecule has 2 aromatic rings. The number of carbonyl (C=O) groups excluding carboxylic acids is 1. The molecule has 0 aliphatic heterocycles. The average Bonchev–Trinajstić information content (AvgIpc) is 2.87. The molecule has 0 aromatic carbocycles. The second-order valence-electron chi connectivity index (χ2n) is 2.71. The Morgan fingerprint density at radius 3 is 3.21 bits per heavy atom. The molecule has 1 amide bonds. The average molecular weight is 207 g/mol. The number of hydrogen-bond acceptors (Lipinski definition) is 3. The smallest absolute Gasteiger partial charge is 0.327 e. The predicted molar refractivity (Wildman–Crippen MR) is 54.2 cm³/mol. The summed E-state index contributed by atoms with van der Waals surface area (Å²) in [5.74, 6) is 0. The number of hydrogen-bond donors (Lipinski definition) is 1. The highest BCUT2D eigenvalue weighted by atomic mass is 32.1. The molecule has 0 saturated heterocycles. The van der Waals surface area contributed by atoms with Gasteiger partial charge in [0.1, 0.15) is 6.33 Å². The van der Waals surface area contributed by atoms with Gasteiger partial charge in [0.25, 0.3) is 0 Å². The molecule has 2 rings (SSSR count). The van der Waals surface area contributed by atoms with Gasteiger partial charge in [-0.3, -0.25) is 4.57 Å². The SMILES string of the molecule is O=C(NCc1cccs1)n1ccnc1. The summed E-state index contributed by atoms with van der Waals surface area (Å²) < 4.78 is 1.41. The van der Waals surface area contributed by atoms with E-state index < -0.39 is 0 Å². The second kappa shape index (κ2) is 4.06. The molecular formula is C9H9N3OS. The van der Waals surface area contributed by atoms with Crippen LogP contribution < -0.4 is 5.32 Å². The van der Waals surface area contributed by atoms with Gasteiger partial charge in [0.05, 0.1) is 6.54 Å². The van der Waals surface area contributed by atoms with Crippen LogP contribution in [-0.2, 0) is 6.54 Å². The molecule has 4 nitrogen and oxygen atoms in total. The van der Waals surface area contributed by atoms with Gasteiger partial charge < -0.3 is 5.32 Å². The normalized spacial score (nSPS) is 10.0. The van der Waals surface area contributed by atoms with Gasteiger partial charge in [0, 0.05) is 17.3 Å². The lowest BCUT2D eigenvalue weighted by Crippen LogP contribution is -2.26. The second-order valence-corrected chi connectivity index (χ2v) is 3.74. The quantitative estimate of drug-likeness (QED) is 0.814. The number of nitrogens with one attached hydrogen (secondary N) is 1. The van der Waals surface area contributed by atoms with Crippen LogP contribution in [0.1, 0.15) is 4.88 Å². The van der Waals surface area contributed by atoms with Gasteiger partial charge >= 0.3 is 6.03 Å². The Hall–Kier alpha value is -1.62. The van der Waals surface area contributed by atoms with Crippen molar-refractivity contribution in [1.29, 1.82) is 0 Å². The minimum Gasteiger partial charge on any atom is -0.332 e. The van der Waals surface area contributed by atoms with Crippen LogP contribution >= 0.6 is 11.3 Å². The summed E-state index contributed by atoms with van der Waals surface area (Å²) in [6, 6.07) is 3.79. The molecule has 2 aromatic heterocycles. The topological polar surface area (TPSA) is 46.9 Å². The van der Waals surface area contributed by atoms with Gasteiger partial charge in [0.15, 0.2) is 0 Å². The number of aromatic nitrogens is 2. The molecule has 0 aliphatic carbocycles. The van der Waals surface area contributed by atoms with Crippen molar-refractivity contribution in [1.82, 2.24) is 14.9 Å². The fraction of sp³-hybridized carbons (Fsp3) is 0.111. The van der Waals surface area contributed by atoms with Crippen LogP contribution in [0.15, 0.2) is 36.2 Å². The Morgan fingerprint density at radius 2 is 2.57 bits per heavy atom. The fourth-order valence-corrected chi connectivity index (χ4v) is 1.69. The highest BCUT2D eigenvalue weighted by molar-refractivity contribution is 7.09. The molecule has 5 heteroatoms. The van der Waals surface area contributed by atoms with Crippen LogP contribution in [-0.4, -0.2) is 15.6 Å². The molecule has 1 N–H and O–H groups in total. The summed E-state index contributed by atoms with van der Waals surface area (Å²) in [7, 11) is 0. The first-order valence-corrected chi connectivity index (χ1v) is 5.03. The van der Waals surface area contributed by atoms with Gasteiger partial charge in [-0.15, -0.1) is 11.3 Å². The maximum atomic E-state index is 11.4. The van der Waals surface area contributed by atoms with E-state index >= 15 is 0 Å². The zero-order valence-corrected chi connectivity index (χ0v) is 8.20. The summed E-state index contributed by atoms with van der Waals surface area (Å²) in [6.45, 7) is 0.564. The van der Waals surface area contributed by atoms with Gasteiger partial charge in [-0.25, -0.2) is 9.78 Å². The van der Waals surface area contributed by atoms with Crippen molar-refractivity contribution in [2.45, 2.75) is 6.54 Å². The highest BCUT2D eigenvalue weighted by Gasteiger charge is 2.02. The Morgan fingerprint density at radius 1 is 1.64 bits per heavy atom. The minimum absolute atomic E-state index is 0.157. The molecule has 2 heterocycles. The van der Waals surface area contributed by atoms with Crippen molar-refractivity contribution >= 4 is 17.4 Å². The van der Waals surface area contributed by atoms with Crippen molar-refractivity contribution in [3.05, 3.63) is 41.1 Å². The summed E-state index contributed by atoms with van der Waals surface area (Å²) in [5, 5.41) is 4.77. The molecule has 0 saturated carbocycles. The lowest BCUT2D eigenvalue weighted by molar-refractivity contribution is 0.242. The fourth-order valence-electron chi connectivity index (χ4n) is 1.05. The van der Waals surface area contributed by atoms with E-state index in [4.69, 9.17) is 0 Å². The predicted octanol–water partition coefficient (Wildman–Crippen LogP) is 1.70. The third-order valence-electron chi connectivity index (χ3n) is 1.73. The Bertz CT molecular complexity index is 394. The monoisotopic (exact) mass is 207 g/mol. The zero-order valence-electron chi connectivity index (χ0n) is 7.38. The third kappa shape index (κ3) is 2.00. The van der Waals surface area contributed by atoms with Crippen LogP contribution in [0.5, 0.6) is 0 Å². The molecule has 0 spiro atoms. The van der Waals surface area contributed by atoms with Crippen molar-refractivity contribution in [3.8, 4) is 0 Å². The van der Waals surface area contributed by atoms with E-state index in [1.165, 1.54) is 10.9 Å². The van der Waals surface area contributed by atoms with Crippen LogP contribution in [0.4, 0.5) is 4.79 Å². The van der Waals surface area contributed by atoms with Gasteiger partial charge in [-0.05, 0) is 11.4 Å². The van der Waals surface area contributed by atoms with E-state index in [-0.39, 0.29) is 6.03 Å². The molecular weight excluding hydrogens is 198 g/mol. The highest BCUT2D eigenvalue weighted by Crippen LogP contribution is 2.07. The lowest BCUT2D eigenvalue weighted by Gasteiger charge is -2.02. The van der Waals surface area contributed by atoms with E-state index in [2.05, 4.69) is 10.3 Å². The van der Waals surface area contributed by atoms with Crippen LogP contribution in [0, 0.1) is 0 Å². The Balaban J connectivity index is 1.90. The van der Waals surface area contributed by atoms with Crippen LogP contribution in [0.3, 0.4) is 0 Å². The van der Waals surface area contributed by atoms with E-state index in [0.29, 0.717) is 6.54 Å². The van der Waals surface area contributed by atoms with Crippen LogP contribution in [0.25, 0.3) is 0 Å². The first-order chi connectivity index (χ1) is 6.86. The number of thiophene rings is 1. The van der Waals surface area contributed by atoms with E-state index in [9.17, 15) is 4.79 Å². The van der Waals surface area contributed by atoms with Crippen LogP contribution in [0.2, 0.25) is 0 Å². The van der Waals surface area contributed by atoms with Crippen molar-refractivity contribution in [2.24, 2.45) is 0 Å². The van der Waals surface area contributed by atoms with Gasteiger partial charge in [-0.1, -0.05) is 6.07 Å². The number of rotatable bonds is 2. The summed E-state index contributed by atoms with van der Waals surface area (Å²) in [6.07, 6.45) is 4.66. The standard InChI is InChI=1S/C9H9N3OS/c13-9(12-4-3-10-7-12)11-6-8-2-1-5-14-8/h1-5,7H,6H2,(H,11,13). The molecule has 0 aliphatic rings. The minimum atomic E-state index is -0.157. The molecule has 0 unspecified atom stereocenters. The Labute approximate surface area is 85.2 Å². The van der Waals surface area contributed by atoms with E-state index in [1.54, 1.807) is 23.7 Å². The third-order valence-corrected chi connectivity index (χ3v) is 2.61. The molecule has 72 valence electrons. The maximum Gasteiger partial charge on any atom is 0.327 e. The molecule has 0 bridgehead atoms. The lowest BCUT2D eigenvalue weighted by atomic mass is 10.5. The number of amides is 1. The zero-order chi connectivity index (χ0) is 9.80. The summed E-state index contributed by atoms with van der Waals surface area (Å²) in [5.41, 5.74) is 0. The van der Waals surface area contributed by atoms with Crippen molar-refractivity contribution in [2.75, 3.05) is 0 Å².